The lowest BCUT2D eigenvalue weighted by Crippen LogP contribution is -2.43. The second kappa shape index (κ2) is 7.89. The second-order valence-corrected chi connectivity index (χ2v) is 8.97. The van der Waals surface area contributed by atoms with Gasteiger partial charge in [-0.15, -0.1) is 0 Å². The Balaban J connectivity index is 1.21. The van der Waals surface area contributed by atoms with E-state index in [0.717, 1.165) is 30.3 Å². The van der Waals surface area contributed by atoms with Crippen molar-refractivity contribution < 1.29 is 19.0 Å². The summed E-state index contributed by atoms with van der Waals surface area (Å²) in [7, 11) is 0. The molecular weight excluding hydrogens is 396 g/mol. The van der Waals surface area contributed by atoms with E-state index in [9.17, 15) is 4.79 Å². The Labute approximate surface area is 181 Å². The van der Waals surface area contributed by atoms with E-state index in [0.29, 0.717) is 43.3 Å². The number of ether oxygens (including phenoxy) is 3. The summed E-state index contributed by atoms with van der Waals surface area (Å²) in [5.41, 5.74) is 1.43. The van der Waals surface area contributed by atoms with Crippen molar-refractivity contribution in [2.45, 2.75) is 50.8 Å². The third-order valence-corrected chi connectivity index (χ3v) is 6.07. The standard InChI is InChI=1S/C23H26N4O4/c1-23(14-29-12-15-2-3-15)6-7-27-21(31-23)10-19(26-27)22(28)25-18-9-17-8-16(11-24)4-5-20(17)30-13-18/h4-5,8,10,15,18H,2-3,6-7,9,12-14H2,1H3,(H,25,28)/t18-,23?/m1/s1. The number of aromatic nitrogens is 2. The first-order valence-electron chi connectivity index (χ1n) is 10.8. The van der Waals surface area contributed by atoms with Crippen molar-refractivity contribution in [1.29, 1.82) is 5.26 Å². The van der Waals surface area contributed by atoms with E-state index in [1.165, 1.54) is 12.8 Å². The number of nitrogens with zero attached hydrogens (tertiary/aromatic N) is 3. The van der Waals surface area contributed by atoms with Crippen LogP contribution in [0.5, 0.6) is 11.6 Å². The van der Waals surface area contributed by atoms with E-state index < -0.39 is 5.60 Å². The third-order valence-electron chi connectivity index (χ3n) is 6.07. The second-order valence-electron chi connectivity index (χ2n) is 8.97. The number of carbonyl (C=O) groups excluding carboxylic acids is 1. The topological polar surface area (TPSA) is 98.4 Å². The Morgan fingerprint density at radius 3 is 3.10 bits per heavy atom. The highest BCUT2D eigenvalue weighted by Gasteiger charge is 2.35. The fraction of sp³-hybridized carbons (Fsp3) is 0.522. The van der Waals surface area contributed by atoms with E-state index in [1.54, 1.807) is 22.9 Å². The van der Waals surface area contributed by atoms with Crippen LogP contribution in [0.4, 0.5) is 0 Å². The molecule has 1 N–H and O–H groups in total. The van der Waals surface area contributed by atoms with Gasteiger partial charge >= 0.3 is 0 Å². The van der Waals surface area contributed by atoms with E-state index in [2.05, 4.69) is 16.5 Å². The first kappa shape index (κ1) is 19.9. The maximum Gasteiger partial charge on any atom is 0.272 e. The normalized spacial score (nSPS) is 24.2. The fourth-order valence-electron chi connectivity index (χ4n) is 4.04. The minimum absolute atomic E-state index is 0.185. The predicted octanol–water partition coefficient (Wildman–Crippen LogP) is 2.46. The molecule has 1 aromatic carbocycles. The molecular formula is C23H26N4O4. The zero-order valence-electron chi connectivity index (χ0n) is 17.6. The molecule has 1 aliphatic carbocycles. The highest BCUT2D eigenvalue weighted by atomic mass is 16.6. The summed E-state index contributed by atoms with van der Waals surface area (Å²) >= 11 is 0. The number of aryl methyl sites for hydroxylation is 1. The van der Waals surface area contributed by atoms with Gasteiger partial charge in [0.15, 0.2) is 5.69 Å². The van der Waals surface area contributed by atoms with Gasteiger partial charge in [0, 0.05) is 25.6 Å². The Bertz CT molecular complexity index is 1040. The molecule has 8 heteroatoms. The van der Waals surface area contributed by atoms with E-state index in [4.69, 9.17) is 19.5 Å². The van der Waals surface area contributed by atoms with Crippen LogP contribution in [-0.4, -0.2) is 47.2 Å². The summed E-state index contributed by atoms with van der Waals surface area (Å²) in [6.07, 6.45) is 3.92. The summed E-state index contributed by atoms with van der Waals surface area (Å²) in [6, 6.07) is 8.99. The van der Waals surface area contributed by atoms with Gasteiger partial charge in [0.1, 0.15) is 18.0 Å². The van der Waals surface area contributed by atoms with Gasteiger partial charge in [-0.3, -0.25) is 4.79 Å². The van der Waals surface area contributed by atoms with Crippen molar-refractivity contribution in [3.8, 4) is 17.7 Å². The molecule has 1 saturated carbocycles. The van der Waals surface area contributed by atoms with Crippen LogP contribution in [0, 0.1) is 17.2 Å². The number of hydrogen-bond acceptors (Lipinski definition) is 6. The Morgan fingerprint density at radius 1 is 1.42 bits per heavy atom. The maximum absolute atomic E-state index is 12.8. The van der Waals surface area contributed by atoms with Crippen molar-refractivity contribution >= 4 is 5.91 Å². The molecule has 1 unspecified atom stereocenters. The molecule has 2 atom stereocenters. The first-order chi connectivity index (χ1) is 15.0. The van der Waals surface area contributed by atoms with Gasteiger partial charge in [-0.2, -0.15) is 10.4 Å². The van der Waals surface area contributed by atoms with Crippen LogP contribution in [0.2, 0.25) is 0 Å². The highest BCUT2D eigenvalue weighted by Crippen LogP contribution is 2.32. The number of hydrogen-bond donors (Lipinski definition) is 1. The number of nitrogens with one attached hydrogen (secondary N) is 1. The lowest BCUT2D eigenvalue weighted by Gasteiger charge is -2.34. The quantitative estimate of drug-likeness (QED) is 0.768. The van der Waals surface area contributed by atoms with Gasteiger partial charge in [0.25, 0.3) is 5.91 Å². The molecule has 5 rings (SSSR count). The zero-order valence-corrected chi connectivity index (χ0v) is 17.6. The smallest absolute Gasteiger partial charge is 0.272 e. The molecule has 0 saturated heterocycles. The summed E-state index contributed by atoms with van der Waals surface area (Å²) < 4.78 is 19.5. The average Bonchev–Trinajstić information content (AvgIpc) is 3.49. The van der Waals surface area contributed by atoms with Crippen molar-refractivity contribution in [1.82, 2.24) is 15.1 Å². The third kappa shape index (κ3) is 4.37. The monoisotopic (exact) mass is 422 g/mol. The molecule has 0 spiro atoms. The van der Waals surface area contributed by atoms with E-state index in [1.807, 2.05) is 13.0 Å². The predicted molar refractivity (Wildman–Crippen MR) is 111 cm³/mol. The minimum Gasteiger partial charge on any atom is -0.491 e. The molecule has 3 aliphatic rings. The number of amides is 1. The molecule has 1 aromatic heterocycles. The van der Waals surface area contributed by atoms with Crippen molar-refractivity contribution in [2.75, 3.05) is 19.8 Å². The van der Waals surface area contributed by atoms with Crippen LogP contribution < -0.4 is 14.8 Å². The largest absolute Gasteiger partial charge is 0.491 e. The zero-order chi connectivity index (χ0) is 21.4. The Kier molecular flexibility index (Phi) is 5.06. The Hall–Kier alpha value is -3.05. The molecule has 3 heterocycles. The summed E-state index contributed by atoms with van der Waals surface area (Å²) in [4.78, 5) is 12.8. The number of carbonyl (C=O) groups is 1. The van der Waals surface area contributed by atoms with Crippen LogP contribution >= 0.6 is 0 Å². The summed E-state index contributed by atoms with van der Waals surface area (Å²) in [6.45, 7) is 4.45. The number of fused-ring (bicyclic) bond motifs is 2. The molecule has 8 nitrogen and oxygen atoms in total. The molecule has 0 bridgehead atoms. The maximum atomic E-state index is 12.8. The SMILES string of the molecule is CC1(COCC2CC2)CCn2nc(C(=O)N[C@H]3COc4ccc(C#N)cc4C3)cc2O1. The molecule has 31 heavy (non-hydrogen) atoms. The highest BCUT2D eigenvalue weighted by molar-refractivity contribution is 5.92. The summed E-state index contributed by atoms with van der Waals surface area (Å²) in [5, 5.41) is 16.5. The van der Waals surface area contributed by atoms with Crippen LogP contribution in [0.25, 0.3) is 0 Å². The van der Waals surface area contributed by atoms with Gasteiger partial charge in [-0.1, -0.05) is 0 Å². The van der Waals surface area contributed by atoms with Crippen LogP contribution in [0.15, 0.2) is 24.3 Å². The molecule has 2 aliphatic heterocycles. The first-order valence-corrected chi connectivity index (χ1v) is 10.8. The van der Waals surface area contributed by atoms with Crippen molar-refractivity contribution in [2.24, 2.45) is 5.92 Å². The van der Waals surface area contributed by atoms with Crippen LogP contribution in [-0.2, 0) is 17.7 Å². The van der Waals surface area contributed by atoms with E-state index >= 15 is 0 Å². The van der Waals surface area contributed by atoms with Gasteiger partial charge < -0.3 is 19.5 Å². The van der Waals surface area contributed by atoms with Crippen LogP contribution in [0.3, 0.4) is 0 Å². The summed E-state index contributed by atoms with van der Waals surface area (Å²) in [5.74, 6) is 1.82. The van der Waals surface area contributed by atoms with Gasteiger partial charge in [-0.25, -0.2) is 4.68 Å². The number of rotatable bonds is 6. The number of nitriles is 1. The van der Waals surface area contributed by atoms with E-state index in [-0.39, 0.29) is 11.9 Å². The molecule has 1 fully saturated rings. The van der Waals surface area contributed by atoms with Gasteiger partial charge in [0.05, 0.1) is 24.3 Å². The minimum atomic E-state index is -0.405. The van der Waals surface area contributed by atoms with Gasteiger partial charge in [0.2, 0.25) is 5.88 Å². The fourth-order valence-corrected chi connectivity index (χ4v) is 4.04. The lowest BCUT2D eigenvalue weighted by molar-refractivity contribution is -0.0446. The van der Waals surface area contributed by atoms with Gasteiger partial charge in [-0.05, 0) is 55.9 Å². The average molecular weight is 422 g/mol. The van der Waals surface area contributed by atoms with Crippen LogP contribution in [0.1, 0.15) is 47.8 Å². The van der Waals surface area contributed by atoms with Crippen molar-refractivity contribution in [3.05, 3.63) is 41.1 Å². The Morgan fingerprint density at radius 2 is 2.29 bits per heavy atom. The molecule has 2 aromatic rings. The molecule has 162 valence electrons. The number of benzene rings is 1. The lowest BCUT2D eigenvalue weighted by atomic mass is 10.0. The molecule has 0 radical (unpaired) electrons. The molecule has 1 amide bonds. The van der Waals surface area contributed by atoms with Crippen molar-refractivity contribution in [3.63, 3.8) is 0 Å².